The normalized spacial score (nSPS) is 47.5. The molecule has 4 aromatic carbocycles. The number of hydrogen-bond acceptors (Lipinski definition) is 14. The van der Waals surface area contributed by atoms with E-state index in [-0.39, 0.29) is 58.2 Å². The molecule has 0 amide bonds. The Morgan fingerprint density at radius 1 is 0.824 bits per heavy atom. The molecule has 6 spiro atoms. The molecule has 9 saturated carbocycles. The van der Waals surface area contributed by atoms with E-state index >= 15 is 4.79 Å². The first-order valence-corrected chi connectivity index (χ1v) is 35.3. The van der Waals surface area contributed by atoms with E-state index in [4.69, 9.17) is 14.2 Å². The van der Waals surface area contributed by atoms with Crippen molar-refractivity contribution in [3.8, 4) is 11.5 Å². The summed E-state index contributed by atoms with van der Waals surface area (Å²) in [6, 6.07) is 22.3. The Kier molecular flexibility index (Phi) is 11.6. The van der Waals surface area contributed by atoms with Crippen molar-refractivity contribution in [2.24, 2.45) is 74.4 Å². The van der Waals surface area contributed by atoms with Gasteiger partial charge >= 0.3 is 5.97 Å². The molecule has 22 unspecified atom stereocenters. The summed E-state index contributed by atoms with van der Waals surface area (Å²) in [4.78, 5) is 32.2. The van der Waals surface area contributed by atoms with Crippen LogP contribution in [0.25, 0.3) is 32.4 Å². The first-order chi connectivity index (χ1) is 41.2. The highest BCUT2D eigenvalue weighted by atomic mass is 33.1. The molecule has 14 aliphatic rings. The van der Waals surface area contributed by atoms with Crippen LogP contribution in [0.3, 0.4) is 0 Å². The summed E-state index contributed by atoms with van der Waals surface area (Å²) in [6.07, 6.45) is 11.1. The molecule has 4 aliphatic heterocycles. The fourth-order valence-corrected chi connectivity index (χ4v) is 28.6. The van der Waals surface area contributed by atoms with Gasteiger partial charge in [-0.05, 0) is 231 Å². The molecule has 13 nitrogen and oxygen atoms in total. The molecule has 19 rings (SSSR count). The topological polar surface area (TPSA) is 211 Å². The number of esters is 1. The van der Waals surface area contributed by atoms with E-state index in [9.17, 15) is 35.4 Å². The molecule has 1 aromatic heterocycles. The van der Waals surface area contributed by atoms with Crippen LogP contribution in [0.4, 0.5) is 0 Å². The van der Waals surface area contributed by atoms with E-state index in [1.165, 1.54) is 11.1 Å². The molecule has 10 aliphatic carbocycles. The minimum atomic E-state index is -2.70. The van der Waals surface area contributed by atoms with Crippen molar-refractivity contribution in [3.05, 3.63) is 83.6 Å². The van der Waals surface area contributed by atoms with Crippen molar-refractivity contribution in [1.29, 1.82) is 0 Å². The van der Waals surface area contributed by atoms with Gasteiger partial charge in [-0.25, -0.2) is 4.79 Å². The molecule has 15 heteroatoms. The number of carbonyl (C=O) groups is 2. The number of aldehydes is 1. The van der Waals surface area contributed by atoms with E-state index < -0.39 is 93.4 Å². The molecule has 0 radical (unpaired) electrons. The quantitative estimate of drug-likeness (QED) is 0.0356. The van der Waals surface area contributed by atoms with E-state index in [0.29, 0.717) is 42.0 Å². The monoisotopic (exact) mass is 1190 g/mol. The fraction of sp³-hybridized carbons (Fsp3) is 0.657. The van der Waals surface area contributed by atoms with Crippen molar-refractivity contribution in [2.45, 2.75) is 188 Å². The number of aromatic amines is 1. The molecule has 22 atom stereocenters. The van der Waals surface area contributed by atoms with Crippen LogP contribution < -0.4 is 10.1 Å². The zero-order chi connectivity index (χ0) is 57.6. The third-order valence-corrected chi connectivity index (χ3v) is 30.9. The molecule has 8 N–H and O–H groups in total. The molecule has 85 heavy (non-hydrogen) atoms. The minimum absolute atomic E-state index is 0.00601. The Balaban J connectivity index is 0.865. The van der Waals surface area contributed by atoms with Gasteiger partial charge in [0.2, 0.25) is 5.79 Å². The first-order valence-electron chi connectivity index (χ1n) is 32.8. The molecular formula is C70H82N2O11S2. The smallest absolute Gasteiger partial charge is 0.343 e. The van der Waals surface area contributed by atoms with E-state index in [1.54, 1.807) is 0 Å². The second-order valence-electron chi connectivity index (χ2n) is 30.5. The van der Waals surface area contributed by atoms with Gasteiger partial charge in [0.1, 0.15) is 24.2 Å². The Labute approximate surface area is 504 Å². The minimum Gasteiger partial charge on any atom is -0.508 e. The summed E-state index contributed by atoms with van der Waals surface area (Å²) in [5.41, 5.74) is -2.36. The van der Waals surface area contributed by atoms with Crippen LogP contribution in [0.1, 0.15) is 145 Å². The number of phenols is 1. The van der Waals surface area contributed by atoms with Gasteiger partial charge in [0.05, 0.1) is 35.4 Å². The van der Waals surface area contributed by atoms with E-state index in [0.717, 1.165) is 142 Å². The van der Waals surface area contributed by atoms with E-state index in [1.807, 2.05) is 65.0 Å². The number of hydrogen-bond donors (Lipinski definition) is 8. The van der Waals surface area contributed by atoms with Crippen molar-refractivity contribution >= 4 is 66.3 Å². The summed E-state index contributed by atoms with van der Waals surface area (Å²) in [5, 5.41) is 89.2. The second-order valence-corrected chi connectivity index (χ2v) is 33.0. The lowest BCUT2D eigenvalue weighted by atomic mass is 9.37. The van der Waals surface area contributed by atoms with E-state index in [2.05, 4.69) is 40.6 Å². The van der Waals surface area contributed by atoms with Gasteiger partial charge in [0, 0.05) is 51.5 Å². The lowest BCUT2D eigenvalue weighted by Crippen LogP contribution is -2.82. The Morgan fingerprint density at radius 2 is 1.62 bits per heavy atom. The van der Waals surface area contributed by atoms with Crippen LogP contribution in [-0.2, 0) is 31.1 Å². The number of ether oxygens (including phenoxy) is 3. The summed E-state index contributed by atoms with van der Waals surface area (Å²) >= 11 is 0. The lowest BCUT2D eigenvalue weighted by Gasteiger charge is -2.72. The highest BCUT2D eigenvalue weighted by Gasteiger charge is 2.90. The lowest BCUT2D eigenvalue weighted by molar-refractivity contribution is -0.409. The maximum atomic E-state index is 16.2. The van der Waals surface area contributed by atoms with Gasteiger partial charge in [0.15, 0.2) is 17.5 Å². The Hall–Kier alpha value is -3.74. The maximum absolute atomic E-state index is 16.2. The predicted octanol–water partition coefficient (Wildman–Crippen LogP) is 10.5. The molecule has 450 valence electrons. The number of aliphatic hydroxyl groups is 5. The third kappa shape index (κ3) is 6.39. The molecule has 4 bridgehead atoms. The van der Waals surface area contributed by atoms with Crippen LogP contribution in [0.2, 0.25) is 0 Å². The number of H-pyrrole nitrogens is 1. The van der Waals surface area contributed by atoms with Gasteiger partial charge in [0.25, 0.3) is 0 Å². The van der Waals surface area contributed by atoms with Gasteiger partial charge in [-0.3, -0.25) is 0 Å². The summed E-state index contributed by atoms with van der Waals surface area (Å²) in [7, 11) is 5.82. The zero-order valence-corrected chi connectivity index (χ0v) is 50.3. The molecule has 3 saturated heterocycles. The number of rotatable bonds is 5. The number of aliphatic hydroxyl groups excluding tert-OH is 3. The number of fused-ring (bicyclic) bond motifs is 12. The summed E-state index contributed by atoms with van der Waals surface area (Å²) in [6.45, 7) is -0.475. The number of nitrogens with one attached hydrogen (secondary N) is 2. The molecule has 5 aromatic rings. The number of carbonyl (C=O) groups excluding carboxylic acids is 2. The Morgan fingerprint density at radius 3 is 2.42 bits per heavy atom. The standard InChI is InChI=1S/C70H82N2O11S2/c1-71-53-34-85-84-33-48-43-11-8-40-25-41-15-19-66(68(41,55(40)43)49-12-10-42(75)27-45(48)49)58(76)47(53)28-46-50-30-67(64(16-4-5-17-64)22-23-65(67)21-20-63(35-65)18-14-36(29-63)31-73)62(78)70(80)69(50,79)60(82-59(46)66)57(83-70)61(77)81-56-52(32-74)72-51-13-9-39-24-37-6-2-3-7-38(37)26-44(39)54(51)56/h2-3,6-7,9-10,12-13,24,26-27,31,36,40-41,43,46-48,50,53,55,57-60,62,71-72,74-76,78-80H,4-5,8,11,14-23,25,28-30,32-35H2,1H3. The van der Waals surface area contributed by atoms with Crippen LogP contribution in [-0.4, -0.2) is 114 Å². The van der Waals surface area contributed by atoms with Crippen LogP contribution in [0.5, 0.6) is 11.5 Å². The summed E-state index contributed by atoms with van der Waals surface area (Å²) in [5.74, 6) is -1.61. The van der Waals surface area contributed by atoms with Crippen molar-refractivity contribution in [1.82, 2.24) is 10.3 Å². The second kappa shape index (κ2) is 18.2. The third-order valence-electron chi connectivity index (χ3n) is 28.4. The van der Waals surface area contributed by atoms with Crippen LogP contribution in [0.15, 0.2) is 66.7 Å². The molecular weight excluding hydrogens is 1110 g/mol. The van der Waals surface area contributed by atoms with Crippen molar-refractivity contribution < 1.29 is 54.4 Å². The average Bonchev–Trinajstić information content (AvgIpc) is 1.54. The van der Waals surface area contributed by atoms with Crippen molar-refractivity contribution in [2.75, 3.05) is 18.6 Å². The number of phenolic OH excluding ortho intramolecular Hbond substituents is 1. The number of aromatic hydroxyl groups is 1. The largest absolute Gasteiger partial charge is 0.508 e. The first kappa shape index (κ1) is 54.2. The number of benzene rings is 4. The summed E-state index contributed by atoms with van der Waals surface area (Å²) < 4.78 is 22.1. The maximum Gasteiger partial charge on any atom is 0.343 e. The van der Waals surface area contributed by atoms with Crippen molar-refractivity contribution in [3.63, 3.8) is 0 Å². The Bertz CT molecular complexity index is 3650. The SMILES string of the molecule is CNC1CSSCC2c3cc(O)ccc3C34C(CCC35C(O)C1CC1C3CC6(C(O)C7(O)OC(C(=O)Oc8c(CO)[nH]c9ccc%10cc%11ccccc%11cc%10c89)C(OC15)C37O)C1(CCCC1)CCC61CCC3(CCC(C=O)C3)C1)CC1CCC2C14. The fourth-order valence-electron chi connectivity index (χ4n) is 25.9. The van der Waals surface area contributed by atoms with Crippen LogP contribution >= 0.6 is 21.6 Å². The molecule has 5 heterocycles. The molecule has 12 fully saturated rings. The highest BCUT2D eigenvalue weighted by molar-refractivity contribution is 8.76. The van der Waals surface area contributed by atoms with Gasteiger partial charge in [-0.2, -0.15) is 0 Å². The van der Waals surface area contributed by atoms with Crippen LogP contribution in [0, 0.1) is 74.4 Å². The predicted molar refractivity (Wildman–Crippen MR) is 324 cm³/mol. The van der Waals surface area contributed by atoms with Gasteiger partial charge in [-0.15, -0.1) is 0 Å². The average molecular weight is 1190 g/mol. The highest BCUT2D eigenvalue weighted by Crippen LogP contribution is 2.86. The van der Waals surface area contributed by atoms with Gasteiger partial charge < -0.3 is 59.9 Å². The zero-order valence-electron chi connectivity index (χ0n) is 48.7. The van der Waals surface area contributed by atoms with Gasteiger partial charge in [-0.1, -0.05) is 70.8 Å². The number of aromatic nitrogens is 1.